The molecule has 0 spiro atoms. The average molecular weight is 399 g/mol. The van der Waals surface area contributed by atoms with Crippen LogP contribution in [-0.4, -0.2) is 26.2 Å². The molecule has 0 fully saturated rings. The highest BCUT2D eigenvalue weighted by molar-refractivity contribution is 7.99. The van der Waals surface area contributed by atoms with Gasteiger partial charge in [0.25, 0.3) is 5.56 Å². The van der Waals surface area contributed by atoms with Crippen LogP contribution in [0.5, 0.6) is 0 Å². The number of aromatic amines is 1. The van der Waals surface area contributed by atoms with Crippen LogP contribution in [0.1, 0.15) is 43.1 Å². The summed E-state index contributed by atoms with van der Waals surface area (Å²) in [6, 6.07) is 9.93. The van der Waals surface area contributed by atoms with E-state index in [9.17, 15) is 9.59 Å². The number of amides is 1. The molecule has 7 heteroatoms. The molecule has 6 nitrogen and oxygen atoms in total. The van der Waals surface area contributed by atoms with Gasteiger partial charge in [0.05, 0.1) is 11.3 Å². The van der Waals surface area contributed by atoms with Gasteiger partial charge in [0.1, 0.15) is 5.52 Å². The molecule has 1 aromatic carbocycles. The second kappa shape index (κ2) is 8.65. The molecule has 0 unspecified atom stereocenters. The molecule has 0 aliphatic rings. The third-order valence-electron chi connectivity index (χ3n) is 4.76. The first-order valence-corrected chi connectivity index (χ1v) is 10.4. The summed E-state index contributed by atoms with van der Waals surface area (Å²) in [6.07, 6.45) is 0.806. The van der Waals surface area contributed by atoms with Crippen LogP contribution in [0.4, 0.5) is 0 Å². The van der Waals surface area contributed by atoms with Crippen molar-refractivity contribution >= 4 is 28.7 Å². The predicted octanol–water partition coefficient (Wildman–Crippen LogP) is 3.72. The summed E-state index contributed by atoms with van der Waals surface area (Å²) >= 11 is 1.30. The maximum atomic E-state index is 12.9. The molecule has 1 atom stereocenters. The number of aryl methyl sites for hydroxylation is 2. The molecule has 148 valence electrons. The number of benzene rings is 1. The number of carbonyl (C=O) groups excluding carboxylic acids is 1. The van der Waals surface area contributed by atoms with E-state index in [4.69, 9.17) is 0 Å². The third kappa shape index (κ3) is 4.47. The van der Waals surface area contributed by atoms with E-state index in [-0.39, 0.29) is 23.3 Å². The topological polar surface area (TPSA) is 79.8 Å². The molecule has 28 heavy (non-hydrogen) atoms. The second-order valence-corrected chi connectivity index (χ2v) is 8.03. The van der Waals surface area contributed by atoms with E-state index >= 15 is 0 Å². The van der Waals surface area contributed by atoms with Crippen LogP contribution in [-0.2, 0) is 11.3 Å². The van der Waals surface area contributed by atoms with E-state index in [1.165, 1.54) is 17.3 Å². The maximum Gasteiger partial charge on any atom is 0.278 e. The van der Waals surface area contributed by atoms with Crippen LogP contribution in [0.15, 0.2) is 40.3 Å². The Hall–Kier alpha value is -2.54. The number of fused-ring (bicyclic) bond motifs is 1. The first-order chi connectivity index (χ1) is 13.4. The van der Waals surface area contributed by atoms with Gasteiger partial charge < -0.3 is 10.3 Å². The molecule has 0 aliphatic carbocycles. The number of aromatic nitrogens is 3. The van der Waals surface area contributed by atoms with Crippen LogP contribution in [0.2, 0.25) is 0 Å². The summed E-state index contributed by atoms with van der Waals surface area (Å²) in [5.74, 6) is 0.129. The summed E-state index contributed by atoms with van der Waals surface area (Å²) in [6.45, 7) is 8.45. The molecular weight excluding hydrogens is 372 g/mol. The highest BCUT2D eigenvalue weighted by Gasteiger charge is 2.18. The fourth-order valence-corrected chi connectivity index (χ4v) is 3.88. The van der Waals surface area contributed by atoms with Gasteiger partial charge in [0, 0.05) is 18.3 Å². The Morgan fingerprint density at radius 2 is 2.00 bits per heavy atom. The lowest BCUT2D eigenvalue weighted by Gasteiger charge is -2.17. The summed E-state index contributed by atoms with van der Waals surface area (Å²) in [7, 11) is 0. The summed E-state index contributed by atoms with van der Waals surface area (Å²) in [5, 5.41) is 3.51. The van der Waals surface area contributed by atoms with Crippen LogP contribution in [0.25, 0.3) is 11.0 Å². The van der Waals surface area contributed by atoms with Crippen molar-refractivity contribution < 1.29 is 4.79 Å². The molecule has 0 bridgehead atoms. The van der Waals surface area contributed by atoms with E-state index in [1.54, 1.807) is 4.57 Å². The first kappa shape index (κ1) is 20.2. The number of hydrogen-bond acceptors (Lipinski definition) is 4. The van der Waals surface area contributed by atoms with E-state index in [1.807, 2.05) is 58.0 Å². The van der Waals surface area contributed by atoms with Crippen molar-refractivity contribution in [1.29, 1.82) is 0 Å². The SMILES string of the molecule is CC[C@H](C)n1c(SCC(=O)NCc2ccc(C)cc2)nc2cc(C)[nH]c2c1=O. The zero-order valence-electron chi connectivity index (χ0n) is 16.7. The summed E-state index contributed by atoms with van der Waals surface area (Å²) in [4.78, 5) is 33.0. The Bertz CT molecular complexity index is 1040. The Morgan fingerprint density at radius 3 is 2.68 bits per heavy atom. The van der Waals surface area contributed by atoms with Crippen molar-refractivity contribution in [3.05, 3.63) is 57.5 Å². The lowest BCUT2D eigenvalue weighted by atomic mass is 10.1. The Kier molecular flexibility index (Phi) is 6.24. The van der Waals surface area contributed by atoms with Crippen molar-refractivity contribution in [1.82, 2.24) is 19.9 Å². The largest absolute Gasteiger partial charge is 0.353 e. The van der Waals surface area contributed by atoms with Crippen LogP contribution < -0.4 is 10.9 Å². The van der Waals surface area contributed by atoms with Gasteiger partial charge in [-0.2, -0.15) is 0 Å². The van der Waals surface area contributed by atoms with Crippen LogP contribution in [0, 0.1) is 13.8 Å². The molecular formula is C21H26N4O2S. The highest BCUT2D eigenvalue weighted by Crippen LogP contribution is 2.22. The number of nitrogens with zero attached hydrogens (tertiary/aromatic N) is 2. The Balaban J connectivity index is 1.74. The van der Waals surface area contributed by atoms with Gasteiger partial charge in [-0.3, -0.25) is 14.2 Å². The Labute approximate surface area is 168 Å². The first-order valence-electron chi connectivity index (χ1n) is 9.46. The second-order valence-electron chi connectivity index (χ2n) is 7.09. The predicted molar refractivity (Wildman–Crippen MR) is 114 cm³/mol. The smallest absolute Gasteiger partial charge is 0.278 e. The number of H-pyrrole nitrogens is 1. The quantitative estimate of drug-likeness (QED) is 0.470. The molecule has 0 saturated heterocycles. The van der Waals surface area contributed by atoms with Crippen molar-refractivity contribution in [2.75, 3.05) is 5.75 Å². The third-order valence-corrected chi connectivity index (χ3v) is 5.71. The molecule has 0 saturated carbocycles. The number of hydrogen-bond donors (Lipinski definition) is 2. The number of thioether (sulfide) groups is 1. The number of carbonyl (C=O) groups is 1. The maximum absolute atomic E-state index is 12.9. The van der Waals surface area contributed by atoms with Gasteiger partial charge in [0.2, 0.25) is 5.91 Å². The van der Waals surface area contributed by atoms with Gasteiger partial charge in [-0.25, -0.2) is 4.98 Å². The monoisotopic (exact) mass is 398 g/mol. The molecule has 2 heterocycles. The van der Waals surface area contributed by atoms with Crippen molar-refractivity contribution in [3.8, 4) is 0 Å². The molecule has 3 rings (SSSR count). The van der Waals surface area contributed by atoms with Gasteiger partial charge in [-0.1, -0.05) is 48.5 Å². The van der Waals surface area contributed by atoms with Gasteiger partial charge in [-0.15, -0.1) is 0 Å². The normalized spacial score (nSPS) is 12.3. The van der Waals surface area contributed by atoms with Crippen molar-refractivity contribution in [2.45, 2.75) is 51.9 Å². The zero-order chi connectivity index (χ0) is 20.3. The minimum absolute atomic E-state index is 0.00567. The van der Waals surface area contributed by atoms with E-state index in [0.29, 0.717) is 22.7 Å². The number of rotatable bonds is 7. The summed E-state index contributed by atoms with van der Waals surface area (Å²) < 4.78 is 1.69. The summed E-state index contributed by atoms with van der Waals surface area (Å²) in [5.41, 5.74) is 4.22. The molecule has 1 amide bonds. The minimum Gasteiger partial charge on any atom is -0.353 e. The lowest BCUT2D eigenvalue weighted by molar-refractivity contribution is -0.118. The molecule has 0 aliphatic heterocycles. The van der Waals surface area contributed by atoms with Gasteiger partial charge in [0.15, 0.2) is 5.16 Å². The average Bonchev–Trinajstić information content (AvgIpc) is 3.06. The fraction of sp³-hybridized carbons (Fsp3) is 0.381. The van der Waals surface area contributed by atoms with E-state index < -0.39 is 0 Å². The highest BCUT2D eigenvalue weighted by atomic mass is 32.2. The zero-order valence-corrected chi connectivity index (χ0v) is 17.5. The molecule has 2 N–H and O–H groups in total. The lowest BCUT2D eigenvalue weighted by Crippen LogP contribution is -2.28. The molecule has 0 radical (unpaired) electrons. The number of nitrogens with one attached hydrogen (secondary N) is 2. The van der Waals surface area contributed by atoms with Crippen LogP contribution >= 0.6 is 11.8 Å². The molecule has 2 aromatic heterocycles. The fourth-order valence-electron chi connectivity index (χ4n) is 2.95. The van der Waals surface area contributed by atoms with Gasteiger partial charge in [-0.05, 0) is 38.8 Å². The van der Waals surface area contributed by atoms with Crippen molar-refractivity contribution in [2.24, 2.45) is 0 Å². The molecule has 3 aromatic rings. The Morgan fingerprint density at radius 1 is 1.29 bits per heavy atom. The van der Waals surface area contributed by atoms with Crippen LogP contribution in [0.3, 0.4) is 0 Å². The van der Waals surface area contributed by atoms with E-state index in [0.717, 1.165) is 17.7 Å². The minimum atomic E-state index is -0.0880. The standard InChI is InChI=1S/C21H26N4O2S/c1-5-15(4)25-20(27)19-17(10-14(3)23-19)24-21(25)28-12-18(26)22-11-16-8-6-13(2)7-9-16/h6-10,15,23H,5,11-12H2,1-4H3,(H,22,26)/t15-/m0/s1. The van der Waals surface area contributed by atoms with E-state index in [2.05, 4.69) is 15.3 Å². The van der Waals surface area contributed by atoms with Crippen molar-refractivity contribution in [3.63, 3.8) is 0 Å². The van der Waals surface area contributed by atoms with Gasteiger partial charge >= 0.3 is 0 Å².